The normalized spacial score (nSPS) is 14.5. The minimum absolute atomic E-state index is 0.0279. The van der Waals surface area contributed by atoms with Gasteiger partial charge in [0, 0.05) is 17.5 Å². The van der Waals surface area contributed by atoms with Crippen LogP contribution in [0.4, 0.5) is 0 Å². The summed E-state index contributed by atoms with van der Waals surface area (Å²) in [5.74, 6) is 1.33. The van der Waals surface area contributed by atoms with Crippen molar-refractivity contribution in [2.75, 3.05) is 13.3 Å². The van der Waals surface area contributed by atoms with Gasteiger partial charge in [0.25, 0.3) is 5.91 Å². The number of thiophene rings is 1. The molecule has 0 N–H and O–H groups in total. The number of hydrogen-bond donors (Lipinski definition) is 0. The van der Waals surface area contributed by atoms with Gasteiger partial charge in [0.1, 0.15) is 6.54 Å². The zero-order chi connectivity index (χ0) is 21.2. The van der Waals surface area contributed by atoms with Crippen molar-refractivity contribution in [2.24, 2.45) is 0 Å². The first-order valence-electron chi connectivity index (χ1n) is 10.2. The van der Waals surface area contributed by atoms with E-state index in [9.17, 15) is 9.59 Å². The smallest absolute Gasteiger partial charge is 0.290 e. The molecule has 160 valence electrons. The molecule has 0 saturated heterocycles. The van der Waals surface area contributed by atoms with E-state index in [-0.39, 0.29) is 37.0 Å². The molecule has 7 nitrogen and oxygen atoms in total. The predicted octanol–water partition coefficient (Wildman–Crippen LogP) is 3.90. The first-order chi connectivity index (χ1) is 15.2. The van der Waals surface area contributed by atoms with Gasteiger partial charge in [-0.05, 0) is 54.1 Å². The van der Waals surface area contributed by atoms with E-state index in [1.165, 1.54) is 6.26 Å². The Balaban J connectivity index is 1.35. The second-order valence-electron chi connectivity index (χ2n) is 7.66. The second kappa shape index (κ2) is 8.47. The highest BCUT2D eigenvalue weighted by molar-refractivity contribution is 7.09. The van der Waals surface area contributed by atoms with Gasteiger partial charge in [-0.3, -0.25) is 9.59 Å². The Morgan fingerprint density at radius 3 is 2.65 bits per heavy atom. The molecule has 0 bridgehead atoms. The second-order valence-corrected chi connectivity index (χ2v) is 8.69. The van der Waals surface area contributed by atoms with Crippen molar-refractivity contribution in [1.82, 2.24) is 9.80 Å². The van der Waals surface area contributed by atoms with E-state index in [2.05, 4.69) is 0 Å². The number of benzene rings is 1. The van der Waals surface area contributed by atoms with Crippen LogP contribution in [0.25, 0.3) is 0 Å². The van der Waals surface area contributed by atoms with E-state index >= 15 is 0 Å². The highest BCUT2D eigenvalue weighted by Gasteiger charge is 2.36. The minimum Gasteiger partial charge on any atom is -0.459 e. The Labute approximate surface area is 183 Å². The molecule has 5 rings (SSSR count). The van der Waals surface area contributed by atoms with Gasteiger partial charge >= 0.3 is 0 Å². The van der Waals surface area contributed by atoms with Crippen molar-refractivity contribution in [3.8, 4) is 11.5 Å². The Morgan fingerprint density at radius 2 is 1.90 bits per heavy atom. The molecule has 8 heteroatoms. The molecular formula is C23H22N2O5S. The number of nitrogens with zero attached hydrogens (tertiary/aromatic N) is 2. The average Bonchev–Trinajstić information content (AvgIpc) is 3.21. The fraction of sp³-hybridized carbons (Fsp3) is 0.304. The molecule has 1 aliphatic heterocycles. The van der Waals surface area contributed by atoms with E-state index in [4.69, 9.17) is 13.9 Å². The third-order valence-electron chi connectivity index (χ3n) is 5.38. The summed E-state index contributed by atoms with van der Waals surface area (Å²) in [5.41, 5.74) is 0.949. The van der Waals surface area contributed by atoms with Crippen molar-refractivity contribution >= 4 is 23.2 Å². The summed E-state index contributed by atoms with van der Waals surface area (Å²) in [4.78, 5) is 30.8. The Hall–Kier alpha value is -3.26. The highest BCUT2D eigenvalue weighted by Crippen LogP contribution is 2.33. The number of ether oxygens (including phenoxy) is 2. The fourth-order valence-electron chi connectivity index (χ4n) is 3.62. The van der Waals surface area contributed by atoms with Crippen molar-refractivity contribution in [1.29, 1.82) is 0 Å². The van der Waals surface area contributed by atoms with Gasteiger partial charge < -0.3 is 23.7 Å². The lowest BCUT2D eigenvalue weighted by Crippen LogP contribution is -2.43. The van der Waals surface area contributed by atoms with Crippen LogP contribution in [0.15, 0.2) is 58.5 Å². The molecule has 3 heterocycles. The summed E-state index contributed by atoms with van der Waals surface area (Å²) in [6.07, 6.45) is 3.29. The average molecular weight is 439 g/mol. The summed E-state index contributed by atoms with van der Waals surface area (Å²) < 4.78 is 16.1. The summed E-state index contributed by atoms with van der Waals surface area (Å²) in [6.45, 7) is 1.14. The lowest BCUT2D eigenvalue weighted by Gasteiger charge is -2.27. The summed E-state index contributed by atoms with van der Waals surface area (Å²) in [5, 5.41) is 2.00. The van der Waals surface area contributed by atoms with Gasteiger partial charge in [-0.15, -0.1) is 11.3 Å². The Bertz CT molecular complexity index is 1060. The van der Waals surface area contributed by atoms with E-state index < -0.39 is 0 Å². The third kappa shape index (κ3) is 4.44. The van der Waals surface area contributed by atoms with E-state index in [1.807, 2.05) is 35.7 Å². The van der Waals surface area contributed by atoms with Gasteiger partial charge in [-0.1, -0.05) is 12.1 Å². The number of furan rings is 1. The Kier molecular flexibility index (Phi) is 5.38. The zero-order valence-electron chi connectivity index (χ0n) is 16.9. The maximum absolute atomic E-state index is 13.4. The van der Waals surface area contributed by atoms with Gasteiger partial charge in [0.15, 0.2) is 17.3 Å². The summed E-state index contributed by atoms with van der Waals surface area (Å²) >= 11 is 1.61. The maximum atomic E-state index is 13.4. The quantitative estimate of drug-likeness (QED) is 0.533. The van der Waals surface area contributed by atoms with Gasteiger partial charge in [0.05, 0.1) is 12.8 Å². The minimum atomic E-state index is -0.236. The fourth-order valence-corrected chi connectivity index (χ4v) is 4.34. The molecule has 1 aromatic carbocycles. The molecule has 0 spiro atoms. The van der Waals surface area contributed by atoms with Crippen molar-refractivity contribution in [3.63, 3.8) is 0 Å². The molecule has 1 fully saturated rings. The highest BCUT2D eigenvalue weighted by atomic mass is 32.1. The molecule has 0 unspecified atom stereocenters. The molecule has 31 heavy (non-hydrogen) atoms. The zero-order valence-corrected chi connectivity index (χ0v) is 17.7. The summed E-state index contributed by atoms with van der Waals surface area (Å²) in [6, 6.07) is 13.1. The molecule has 3 aromatic rings. The number of rotatable bonds is 8. The van der Waals surface area contributed by atoms with Gasteiger partial charge in [-0.2, -0.15) is 0 Å². The topological polar surface area (TPSA) is 72.2 Å². The Morgan fingerprint density at radius 1 is 1.03 bits per heavy atom. The van der Waals surface area contributed by atoms with Crippen LogP contribution in [0.1, 0.15) is 33.8 Å². The number of carbonyl (C=O) groups excluding carboxylic acids is 2. The van der Waals surface area contributed by atoms with Crippen LogP contribution >= 0.6 is 11.3 Å². The van der Waals surface area contributed by atoms with Crippen LogP contribution in [-0.4, -0.2) is 41.0 Å². The first-order valence-corrected chi connectivity index (χ1v) is 11.1. The SMILES string of the molecule is O=C(CN(C(=O)c1ccco1)C1CC1)N(Cc1ccc2c(c1)OCO2)Cc1cccs1. The van der Waals surface area contributed by atoms with Crippen LogP contribution in [0.3, 0.4) is 0 Å². The summed E-state index contributed by atoms with van der Waals surface area (Å²) in [7, 11) is 0. The molecule has 1 saturated carbocycles. The number of fused-ring (bicyclic) bond motifs is 1. The molecule has 2 aromatic heterocycles. The van der Waals surface area contributed by atoms with Gasteiger partial charge in [-0.25, -0.2) is 0 Å². The molecule has 2 aliphatic rings. The molecule has 0 atom stereocenters. The molecule has 1 aliphatic carbocycles. The lowest BCUT2D eigenvalue weighted by molar-refractivity contribution is -0.133. The molecule has 2 amide bonds. The van der Waals surface area contributed by atoms with Crippen LogP contribution in [0.5, 0.6) is 11.5 Å². The maximum Gasteiger partial charge on any atom is 0.290 e. The monoisotopic (exact) mass is 438 g/mol. The third-order valence-corrected chi connectivity index (χ3v) is 6.24. The molecule has 0 radical (unpaired) electrons. The van der Waals surface area contributed by atoms with Crippen LogP contribution < -0.4 is 9.47 Å². The molecular weight excluding hydrogens is 416 g/mol. The predicted molar refractivity (Wildman–Crippen MR) is 114 cm³/mol. The van der Waals surface area contributed by atoms with E-state index in [0.29, 0.717) is 24.6 Å². The van der Waals surface area contributed by atoms with Crippen LogP contribution in [-0.2, 0) is 17.9 Å². The van der Waals surface area contributed by atoms with Crippen LogP contribution in [0.2, 0.25) is 0 Å². The standard InChI is InChI=1S/C23H22N2O5S/c26-22(14-25(17-6-7-17)23(27)20-4-1-9-28-20)24(13-18-3-2-10-31-18)12-16-5-8-19-21(11-16)30-15-29-19/h1-5,8-11,17H,6-7,12-15H2. The number of amides is 2. The largest absolute Gasteiger partial charge is 0.459 e. The van der Waals surface area contributed by atoms with E-state index in [0.717, 1.165) is 23.3 Å². The number of carbonyl (C=O) groups is 2. The van der Waals surface area contributed by atoms with Crippen molar-refractivity contribution in [3.05, 3.63) is 70.3 Å². The lowest BCUT2D eigenvalue weighted by atomic mass is 10.2. The van der Waals surface area contributed by atoms with Gasteiger partial charge in [0.2, 0.25) is 12.7 Å². The number of hydrogen-bond acceptors (Lipinski definition) is 6. The van der Waals surface area contributed by atoms with Crippen molar-refractivity contribution in [2.45, 2.75) is 32.0 Å². The van der Waals surface area contributed by atoms with Crippen molar-refractivity contribution < 1.29 is 23.5 Å². The first kappa shape index (κ1) is 19.7. The van der Waals surface area contributed by atoms with E-state index in [1.54, 1.807) is 33.3 Å². The van der Waals surface area contributed by atoms with Crippen LogP contribution in [0, 0.1) is 0 Å².